The van der Waals surface area contributed by atoms with Crippen molar-refractivity contribution in [1.82, 2.24) is 10.2 Å². The van der Waals surface area contributed by atoms with E-state index in [-0.39, 0.29) is 23.9 Å². The van der Waals surface area contributed by atoms with Crippen LogP contribution in [-0.2, 0) is 9.59 Å². The number of carbonyl (C=O) groups excluding carboxylic acids is 2. The molecule has 0 radical (unpaired) electrons. The summed E-state index contributed by atoms with van der Waals surface area (Å²) in [6.07, 6.45) is 7.07. The van der Waals surface area contributed by atoms with E-state index in [1.165, 1.54) is 19.3 Å². The van der Waals surface area contributed by atoms with Gasteiger partial charge < -0.3 is 10.2 Å². The first-order valence-electron chi connectivity index (χ1n) is 8.83. The van der Waals surface area contributed by atoms with Gasteiger partial charge in [0.25, 0.3) is 0 Å². The Hall–Kier alpha value is -1.06. The van der Waals surface area contributed by atoms with E-state index < -0.39 is 0 Å². The molecule has 1 aliphatic heterocycles. The van der Waals surface area contributed by atoms with Crippen LogP contribution in [0.1, 0.15) is 45.4 Å². The van der Waals surface area contributed by atoms with Crippen molar-refractivity contribution in [2.24, 2.45) is 29.6 Å². The first-order chi connectivity index (χ1) is 10.2. The minimum Gasteiger partial charge on any atom is -0.342 e. The predicted octanol–water partition coefficient (Wildman–Crippen LogP) is 1.55. The van der Waals surface area contributed by atoms with Crippen LogP contribution in [0.15, 0.2) is 0 Å². The second kappa shape index (κ2) is 4.02. The molecule has 0 spiro atoms. The maximum absolute atomic E-state index is 13.0. The summed E-state index contributed by atoms with van der Waals surface area (Å²) < 4.78 is 0. The number of hydrogen-bond donors (Lipinski definition) is 1. The third-order valence-electron chi connectivity index (χ3n) is 6.95. The zero-order valence-corrected chi connectivity index (χ0v) is 12.6. The van der Waals surface area contributed by atoms with Gasteiger partial charge in [0.05, 0.1) is 0 Å². The molecular weight excluding hydrogens is 264 g/mol. The highest BCUT2D eigenvalue weighted by molar-refractivity contribution is 5.97. The highest BCUT2D eigenvalue weighted by Gasteiger charge is 2.69. The van der Waals surface area contributed by atoms with E-state index in [0.717, 1.165) is 42.9 Å². The molecule has 0 aromatic heterocycles. The predicted molar refractivity (Wildman–Crippen MR) is 77.2 cm³/mol. The van der Waals surface area contributed by atoms with Crippen molar-refractivity contribution in [2.45, 2.75) is 63.6 Å². The fourth-order valence-electron chi connectivity index (χ4n) is 5.89. The van der Waals surface area contributed by atoms with Gasteiger partial charge in [0.15, 0.2) is 0 Å². The largest absolute Gasteiger partial charge is 0.342 e. The molecular formula is C17H24N2O2. The average molecular weight is 288 g/mol. The number of piperazine rings is 1. The first-order valence-corrected chi connectivity index (χ1v) is 8.83. The summed E-state index contributed by atoms with van der Waals surface area (Å²) in [5.74, 6) is 3.91. The molecule has 2 bridgehead atoms. The molecule has 4 aliphatic carbocycles. The van der Waals surface area contributed by atoms with Gasteiger partial charge in [-0.3, -0.25) is 9.59 Å². The number of nitrogens with one attached hydrogen (secondary N) is 1. The molecule has 4 saturated carbocycles. The van der Waals surface area contributed by atoms with E-state index in [0.29, 0.717) is 12.0 Å². The van der Waals surface area contributed by atoms with Crippen LogP contribution in [0.4, 0.5) is 0 Å². The average Bonchev–Trinajstić information content (AvgIpc) is 3.38. The zero-order valence-electron chi connectivity index (χ0n) is 12.6. The minimum atomic E-state index is -0.209. The van der Waals surface area contributed by atoms with Crippen LogP contribution in [0.2, 0.25) is 0 Å². The molecule has 5 rings (SSSR count). The fourth-order valence-corrected chi connectivity index (χ4v) is 5.89. The third-order valence-corrected chi connectivity index (χ3v) is 6.95. The van der Waals surface area contributed by atoms with Crippen molar-refractivity contribution in [1.29, 1.82) is 0 Å². The van der Waals surface area contributed by atoms with E-state index in [1.54, 1.807) is 0 Å². The molecule has 1 heterocycles. The lowest BCUT2D eigenvalue weighted by Gasteiger charge is -2.40. The Kier molecular flexibility index (Phi) is 2.39. The lowest BCUT2D eigenvalue weighted by atomic mass is 9.98. The molecule has 4 heteroatoms. The van der Waals surface area contributed by atoms with E-state index in [1.807, 2.05) is 6.92 Å². The van der Waals surface area contributed by atoms with Crippen LogP contribution in [0.3, 0.4) is 0 Å². The highest BCUT2D eigenvalue weighted by Crippen LogP contribution is 2.67. The van der Waals surface area contributed by atoms with Crippen molar-refractivity contribution in [3.8, 4) is 0 Å². The van der Waals surface area contributed by atoms with Crippen molar-refractivity contribution in [3.63, 3.8) is 0 Å². The summed E-state index contributed by atoms with van der Waals surface area (Å²) in [6.45, 7) is 2.04. The number of hydrogen-bond acceptors (Lipinski definition) is 2. The second-order valence-electron chi connectivity index (χ2n) is 7.97. The van der Waals surface area contributed by atoms with Crippen LogP contribution in [0.5, 0.6) is 0 Å². The Balaban J connectivity index is 1.45. The Morgan fingerprint density at radius 1 is 1.05 bits per heavy atom. The van der Waals surface area contributed by atoms with Gasteiger partial charge in [0.1, 0.15) is 12.1 Å². The smallest absolute Gasteiger partial charge is 0.246 e. The zero-order chi connectivity index (χ0) is 14.3. The summed E-state index contributed by atoms with van der Waals surface area (Å²) >= 11 is 0. The third kappa shape index (κ3) is 1.56. The van der Waals surface area contributed by atoms with Gasteiger partial charge in [0.2, 0.25) is 11.8 Å². The van der Waals surface area contributed by atoms with E-state index in [9.17, 15) is 9.59 Å². The molecule has 0 aromatic rings. The maximum Gasteiger partial charge on any atom is 0.246 e. The van der Waals surface area contributed by atoms with Crippen molar-refractivity contribution >= 4 is 11.8 Å². The fraction of sp³-hybridized carbons (Fsp3) is 0.882. The number of fused-ring (bicyclic) bond motifs is 5. The molecule has 2 amide bonds. The summed E-state index contributed by atoms with van der Waals surface area (Å²) in [6, 6.07) is -0.0113. The van der Waals surface area contributed by atoms with Crippen molar-refractivity contribution < 1.29 is 9.59 Å². The van der Waals surface area contributed by atoms with Crippen molar-refractivity contribution in [2.75, 3.05) is 0 Å². The van der Waals surface area contributed by atoms with Gasteiger partial charge in [0, 0.05) is 6.04 Å². The van der Waals surface area contributed by atoms with E-state index in [2.05, 4.69) is 10.2 Å². The first kappa shape index (κ1) is 12.5. The lowest BCUT2D eigenvalue weighted by Crippen LogP contribution is -2.65. The van der Waals surface area contributed by atoms with Gasteiger partial charge in [-0.25, -0.2) is 0 Å². The Labute approximate surface area is 125 Å². The second-order valence-corrected chi connectivity index (χ2v) is 7.97. The molecule has 1 N–H and O–H groups in total. The molecule has 21 heavy (non-hydrogen) atoms. The molecule has 5 fully saturated rings. The van der Waals surface area contributed by atoms with Crippen LogP contribution in [0.25, 0.3) is 0 Å². The Morgan fingerprint density at radius 2 is 1.67 bits per heavy atom. The van der Waals surface area contributed by atoms with Gasteiger partial charge in [-0.1, -0.05) is 6.92 Å². The lowest BCUT2D eigenvalue weighted by molar-refractivity contribution is -0.151. The number of carbonyl (C=O) groups is 2. The Morgan fingerprint density at radius 3 is 2.24 bits per heavy atom. The SMILES string of the molecule is CCC1C(=O)NC(C2CC2)C(=O)N1C1C2C3CCC(C3)C21. The van der Waals surface area contributed by atoms with Crippen molar-refractivity contribution in [3.05, 3.63) is 0 Å². The molecule has 0 aromatic carbocycles. The number of nitrogens with zero attached hydrogens (tertiary/aromatic N) is 1. The van der Waals surface area contributed by atoms with Crippen LogP contribution >= 0.6 is 0 Å². The van der Waals surface area contributed by atoms with Crippen LogP contribution < -0.4 is 5.32 Å². The number of amides is 2. The summed E-state index contributed by atoms with van der Waals surface area (Å²) in [5, 5.41) is 3.02. The highest BCUT2D eigenvalue weighted by atomic mass is 16.2. The quantitative estimate of drug-likeness (QED) is 0.856. The molecule has 6 atom stereocenters. The van der Waals surface area contributed by atoms with Gasteiger partial charge in [-0.15, -0.1) is 0 Å². The monoisotopic (exact) mass is 288 g/mol. The molecule has 1 saturated heterocycles. The molecule has 5 aliphatic rings. The normalized spacial score (nSPS) is 51.1. The summed E-state index contributed by atoms with van der Waals surface area (Å²) in [4.78, 5) is 27.5. The summed E-state index contributed by atoms with van der Waals surface area (Å²) in [5.41, 5.74) is 0. The van der Waals surface area contributed by atoms with E-state index >= 15 is 0 Å². The number of rotatable bonds is 3. The minimum absolute atomic E-state index is 0.103. The standard InChI is InChI=1S/C17H24N2O2/c1-2-11-16(20)18-14(8-3-4-8)17(21)19(11)15-12-9-5-6-10(7-9)13(12)15/h8-15H,2-7H2,1H3,(H,18,20). The van der Waals surface area contributed by atoms with Gasteiger partial charge in [-0.05, 0) is 68.1 Å². The summed E-state index contributed by atoms with van der Waals surface area (Å²) in [7, 11) is 0. The topological polar surface area (TPSA) is 49.4 Å². The van der Waals surface area contributed by atoms with Gasteiger partial charge >= 0.3 is 0 Å². The van der Waals surface area contributed by atoms with Gasteiger partial charge in [-0.2, -0.15) is 0 Å². The van der Waals surface area contributed by atoms with Crippen LogP contribution in [-0.4, -0.2) is 34.8 Å². The molecule has 114 valence electrons. The molecule has 6 unspecified atom stereocenters. The molecule has 4 nitrogen and oxygen atoms in total. The van der Waals surface area contributed by atoms with E-state index in [4.69, 9.17) is 0 Å². The maximum atomic E-state index is 13.0. The van der Waals surface area contributed by atoms with Crippen LogP contribution in [0, 0.1) is 29.6 Å². The Bertz CT molecular complexity index is 499.